The van der Waals surface area contributed by atoms with Crippen LogP contribution in [0, 0.1) is 23.7 Å². The van der Waals surface area contributed by atoms with E-state index in [0.717, 1.165) is 35.3 Å². The summed E-state index contributed by atoms with van der Waals surface area (Å²) < 4.78 is 15.9. The highest BCUT2D eigenvalue weighted by atomic mass is 16.5. The molecule has 2 N–H and O–H groups in total. The first-order valence-electron chi connectivity index (χ1n) is 15.3. The lowest BCUT2D eigenvalue weighted by Crippen LogP contribution is -2.54. The van der Waals surface area contributed by atoms with Crippen LogP contribution in [0.4, 0.5) is 4.79 Å². The van der Waals surface area contributed by atoms with Gasteiger partial charge in [-0.2, -0.15) is 0 Å². The molecule has 3 aromatic carbocycles. The highest BCUT2D eigenvalue weighted by Crippen LogP contribution is 2.44. The number of hydrogen-bond acceptors (Lipinski definition) is 7. The van der Waals surface area contributed by atoms with Crippen LogP contribution in [0.25, 0.3) is 11.1 Å². The third-order valence-corrected chi connectivity index (χ3v) is 8.22. The van der Waals surface area contributed by atoms with Gasteiger partial charge in [-0.1, -0.05) is 60.4 Å². The lowest BCUT2D eigenvalue weighted by Gasteiger charge is -2.29. The Morgan fingerprint density at radius 3 is 2.15 bits per heavy atom. The van der Waals surface area contributed by atoms with Crippen LogP contribution in [0.2, 0.25) is 0 Å². The molecule has 0 saturated carbocycles. The van der Waals surface area contributed by atoms with E-state index in [9.17, 15) is 14.4 Å². The van der Waals surface area contributed by atoms with E-state index in [1.807, 2.05) is 43.3 Å². The van der Waals surface area contributed by atoms with Crippen molar-refractivity contribution >= 4 is 18.0 Å². The maximum absolute atomic E-state index is 13.1. The van der Waals surface area contributed by atoms with Crippen LogP contribution in [0.5, 0.6) is 0 Å². The first kappa shape index (κ1) is 32.3. The highest BCUT2D eigenvalue weighted by Gasteiger charge is 2.32. The van der Waals surface area contributed by atoms with Crippen LogP contribution in [-0.4, -0.2) is 81.0 Å². The molecule has 236 valence electrons. The minimum Gasteiger partial charge on any atom is -0.467 e. The molecule has 9 nitrogen and oxygen atoms in total. The SMILES string of the molecule is COC(=O)[C@@H](NC(=O)c1ccc(C#CC#CC(C)N2CCOCC2)cc1)[C@@H](C)NC(=O)OCC1c2ccccc2-c2ccccc21. The number of esters is 1. The molecule has 3 aromatic rings. The third kappa shape index (κ3) is 7.76. The quantitative estimate of drug-likeness (QED) is 0.291. The van der Waals surface area contributed by atoms with Gasteiger partial charge in [-0.05, 0) is 72.2 Å². The molecule has 1 aliphatic heterocycles. The van der Waals surface area contributed by atoms with Crippen LogP contribution in [0.3, 0.4) is 0 Å². The van der Waals surface area contributed by atoms with Crippen molar-refractivity contribution < 1.29 is 28.6 Å². The smallest absolute Gasteiger partial charge is 0.407 e. The monoisotopic (exact) mass is 619 g/mol. The topological polar surface area (TPSA) is 106 Å². The molecule has 0 bridgehead atoms. The summed E-state index contributed by atoms with van der Waals surface area (Å²) in [5.41, 5.74) is 5.44. The number of amides is 2. The minimum atomic E-state index is -1.15. The second-order valence-corrected chi connectivity index (χ2v) is 11.2. The Hall–Kier alpha value is -5.09. The van der Waals surface area contributed by atoms with Gasteiger partial charge in [-0.15, -0.1) is 0 Å². The first-order chi connectivity index (χ1) is 22.4. The first-order valence-corrected chi connectivity index (χ1v) is 15.3. The summed E-state index contributed by atoms with van der Waals surface area (Å²) in [6.07, 6.45) is -0.706. The molecule has 2 aliphatic rings. The summed E-state index contributed by atoms with van der Waals surface area (Å²) in [5, 5.41) is 5.35. The molecule has 1 unspecified atom stereocenters. The zero-order valence-electron chi connectivity index (χ0n) is 26.2. The molecular weight excluding hydrogens is 582 g/mol. The number of methoxy groups -OCH3 is 1. The number of nitrogens with one attached hydrogen (secondary N) is 2. The number of ether oxygens (including phenoxy) is 3. The Balaban J connectivity index is 1.15. The van der Waals surface area contributed by atoms with Gasteiger partial charge in [0.15, 0.2) is 0 Å². The highest BCUT2D eigenvalue weighted by molar-refractivity contribution is 5.97. The van der Waals surface area contributed by atoms with Gasteiger partial charge in [0.05, 0.1) is 32.4 Å². The number of hydrogen-bond donors (Lipinski definition) is 2. The van der Waals surface area contributed by atoms with Gasteiger partial charge in [0.2, 0.25) is 0 Å². The van der Waals surface area contributed by atoms with Crippen LogP contribution in [0.1, 0.15) is 46.8 Å². The number of rotatable bonds is 8. The summed E-state index contributed by atoms with van der Waals surface area (Å²) >= 11 is 0. The standard InChI is InChI=1S/C37H37N3O6/c1-25(40-20-22-45-23-21-40)10-4-5-11-27-16-18-28(19-17-27)35(41)39-34(36(42)44-3)26(2)38-37(43)46-24-33-31-14-8-6-12-29(31)30-13-7-9-15-32(30)33/h6-9,12-19,25-26,33-34H,20-24H2,1-3H3,(H,38,43)(H,39,41)/t25?,26-,34+/m1/s1. The number of morpholine rings is 1. The van der Waals surface area contributed by atoms with Crippen molar-refractivity contribution in [2.75, 3.05) is 40.0 Å². The van der Waals surface area contributed by atoms with Gasteiger partial charge in [-0.25, -0.2) is 9.59 Å². The molecule has 9 heteroatoms. The molecule has 1 saturated heterocycles. The molecule has 1 aliphatic carbocycles. The molecule has 0 aromatic heterocycles. The Morgan fingerprint density at radius 2 is 1.52 bits per heavy atom. The zero-order chi connectivity index (χ0) is 32.5. The Labute approximate surface area is 269 Å². The van der Waals surface area contributed by atoms with E-state index >= 15 is 0 Å². The van der Waals surface area contributed by atoms with Crippen molar-refractivity contribution in [2.24, 2.45) is 0 Å². The van der Waals surface area contributed by atoms with Gasteiger partial charge >= 0.3 is 12.1 Å². The number of carbonyl (C=O) groups is 3. The van der Waals surface area contributed by atoms with Crippen molar-refractivity contribution in [3.8, 4) is 34.8 Å². The Kier molecular flexibility index (Phi) is 10.7. The van der Waals surface area contributed by atoms with Crippen LogP contribution in [0.15, 0.2) is 72.8 Å². The normalized spacial score (nSPS) is 15.7. The van der Waals surface area contributed by atoms with E-state index in [-0.39, 0.29) is 18.6 Å². The summed E-state index contributed by atoms with van der Waals surface area (Å²) in [7, 11) is 1.22. The Bertz CT molecular complexity index is 1650. The van der Waals surface area contributed by atoms with Crippen molar-refractivity contribution in [3.63, 3.8) is 0 Å². The molecule has 3 atom stereocenters. The maximum Gasteiger partial charge on any atom is 0.407 e. The summed E-state index contributed by atoms with van der Waals surface area (Å²) in [4.78, 5) is 40.8. The second-order valence-electron chi connectivity index (χ2n) is 11.2. The van der Waals surface area contributed by atoms with Crippen LogP contribution in [-0.2, 0) is 19.0 Å². The van der Waals surface area contributed by atoms with Crippen molar-refractivity contribution in [3.05, 3.63) is 95.1 Å². The molecule has 46 heavy (non-hydrogen) atoms. The molecule has 1 heterocycles. The molecule has 5 rings (SSSR count). The van der Waals surface area contributed by atoms with E-state index in [1.54, 1.807) is 31.2 Å². The van der Waals surface area contributed by atoms with Gasteiger partial charge in [0.1, 0.15) is 12.6 Å². The predicted octanol–water partition coefficient (Wildman–Crippen LogP) is 3.96. The van der Waals surface area contributed by atoms with E-state index in [4.69, 9.17) is 14.2 Å². The van der Waals surface area contributed by atoms with Gasteiger partial charge in [0, 0.05) is 30.1 Å². The van der Waals surface area contributed by atoms with Crippen LogP contribution < -0.4 is 10.6 Å². The number of nitrogens with zero attached hydrogens (tertiary/aromatic N) is 1. The molecule has 0 spiro atoms. The summed E-state index contributed by atoms with van der Waals surface area (Å²) in [6.45, 7) is 6.90. The largest absolute Gasteiger partial charge is 0.467 e. The molecule has 1 fully saturated rings. The number of fused-ring (bicyclic) bond motifs is 3. The van der Waals surface area contributed by atoms with E-state index in [2.05, 4.69) is 51.3 Å². The maximum atomic E-state index is 13.1. The molecule has 0 radical (unpaired) electrons. The predicted molar refractivity (Wildman–Crippen MR) is 174 cm³/mol. The van der Waals surface area contributed by atoms with Gasteiger partial charge in [-0.3, -0.25) is 9.69 Å². The number of benzene rings is 3. The van der Waals surface area contributed by atoms with Crippen molar-refractivity contribution in [1.29, 1.82) is 0 Å². The van der Waals surface area contributed by atoms with E-state index in [1.165, 1.54) is 7.11 Å². The van der Waals surface area contributed by atoms with Gasteiger partial charge < -0.3 is 24.8 Å². The molecular formula is C37H37N3O6. The Morgan fingerprint density at radius 1 is 0.891 bits per heavy atom. The summed E-state index contributed by atoms with van der Waals surface area (Å²) in [6, 6.07) is 20.9. The van der Waals surface area contributed by atoms with Crippen molar-refractivity contribution in [2.45, 2.75) is 37.9 Å². The average molecular weight is 620 g/mol. The fourth-order valence-electron chi connectivity index (χ4n) is 5.65. The van der Waals surface area contributed by atoms with E-state index < -0.39 is 30.1 Å². The third-order valence-electron chi connectivity index (χ3n) is 8.22. The van der Waals surface area contributed by atoms with E-state index in [0.29, 0.717) is 24.3 Å². The second kappa shape index (κ2) is 15.3. The van der Waals surface area contributed by atoms with Crippen molar-refractivity contribution in [1.82, 2.24) is 15.5 Å². The number of alkyl carbamates (subject to hydrolysis) is 1. The summed E-state index contributed by atoms with van der Waals surface area (Å²) in [5.74, 6) is 10.6. The fraction of sp³-hybridized carbons (Fsp3) is 0.324. The van der Waals surface area contributed by atoms with Crippen LogP contribution >= 0.6 is 0 Å². The van der Waals surface area contributed by atoms with Gasteiger partial charge in [0.25, 0.3) is 5.91 Å². The average Bonchev–Trinajstić information content (AvgIpc) is 3.41. The lowest BCUT2D eigenvalue weighted by molar-refractivity contribution is -0.143. The number of carbonyl (C=O) groups excluding carboxylic acids is 3. The zero-order valence-corrected chi connectivity index (χ0v) is 26.2. The molecule has 2 amide bonds. The minimum absolute atomic E-state index is 0.0908. The fourth-order valence-corrected chi connectivity index (χ4v) is 5.65. The lowest BCUT2D eigenvalue weighted by atomic mass is 9.98.